The molecule has 0 rings (SSSR count). The average Bonchev–Trinajstić information content (AvgIpc) is 1.38. The number of hydrogen-bond donors (Lipinski definition) is 1. The Labute approximate surface area is 42.6 Å². The summed E-state index contributed by atoms with van der Waals surface area (Å²) in [5.74, 6) is 0. The maximum atomic E-state index is 9.25. The second-order valence-electron chi connectivity index (χ2n) is 0.877. The van der Waals surface area contributed by atoms with Crippen LogP contribution < -0.4 is 0 Å². The van der Waals surface area contributed by atoms with Gasteiger partial charge in [-0.05, 0) is 6.92 Å². The Kier molecular flexibility index (Phi) is 7.65. The van der Waals surface area contributed by atoms with Crippen LogP contribution in [0.25, 0.3) is 0 Å². The fraction of sp³-hybridized carbons (Fsp3) is 0.667. The van der Waals surface area contributed by atoms with Crippen molar-refractivity contribution in [1.29, 1.82) is 0 Å². The molecule has 3 heteroatoms. The highest BCUT2D eigenvalue weighted by Crippen LogP contribution is 1.62. The largest absolute Gasteiger partial charge is 0.386 e. The molecule has 0 aliphatic heterocycles. The molecule has 0 aromatic carbocycles. The second kappa shape index (κ2) is 4.92. The number of rotatable bonds is 1. The van der Waals surface area contributed by atoms with Crippen LogP contribution in [0.1, 0.15) is 6.92 Å². The van der Waals surface area contributed by atoms with E-state index in [2.05, 4.69) is 0 Å². The Bertz CT molecular complexity index is 35.8. The summed E-state index contributed by atoms with van der Waals surface area (Å²) in [7, 11) is 0. The molecule has 2 nitrogen and oxygen atoms in total. The Balaban J connectivity index is 0. The predicted octanol–water partition coefficient (Wildman–Crippen LogP) is -0.0121. The van der Waals surface area contributed by atoms with Gasteiger partial charge in [0, 0.05) is 0 Å². The molecule has 0 aromatic heterocycles. The van der Waals surface area contributed by atoms with Gasteiger partial charge in [0.05, 0.1) is 0 Å². The van der Waals surface area contributed by atoms with E-state index in [1.54, 1.807) is 0 Å². The molecule has 38 valence electrons. The molecule has 0 saturated heterocycles. The molecule has 0 aromatic rings. The van der Waals surface area contributed by atoms with Crippen molar-refractivity contribution >= 4 is 18.7 Å². The van der Waals surface area contributed by atoms with Gasteiger partial charge in [0.15, 0.2) is 0 Å². The van der Waals surface area contributed by atoms with Gasteiger partial charge in [0.25, 0.3) is 0 Å². The normalized spacial score (nSPS) is 11.7. The number of aldehydes is 1. The quantitative estimate of drug-likeness (QED) is 0.482. The molecule has 0 fully saturated rings. The van der Waals surface area contributed by atoms with E-state index in [-0.39, 0.29) is 12.4 Å². The molecule has 0 bridgehead atoms. The molecular weight excluding hydrogens is 103 g/mol. The third kappa shape index (κ3) is 9.07. The lowest BCUT2D eigenvalue weighted by atomic mass is 10.5. The fourth-order valence-electron chi connectivity index (χ4n) is 0. The van der Waals surface area contributed by atoms with Crippen LogP contribution in [0, 0.1) is 0 Å². The average molecular weight is 111 g/mol. The molecule has 0 aliphatic rings. The standard InChI is InChI=1S/C3H6O2.ClH/c1-3(5)2-4;/h2-3,5H,1H3;1H. The number of aliphatic hydroxyl groups is 1. The van der Waals surface area contributed by atoms with Gasteiger partial charge >= 0.3 is 0 Å². The number of carbonyl (C=O) groups is 1. The summed E-state index contributed by atoms with van der Waals surface area (Å²) in [5, 5.41) is 7.99. The summed E-state index contributed by atoms with van der Waals surface area (Å²) in [5.41, 5.74) is 0. The van der Waals surface area contributed by atoms with Crippen molar-refractivity contribution in [2.75, 3.05) is 0 Å². The van der Waals surface area contributed by atoms with Gasteiger partial charge in [0.1, 0.15) is 12.4 Å². The lowest BCUT2D eigenvalue weighted by molar-refractivity contribution is -0.114. The van der Waals surface area contributed by atoms with Gasteiger partial charge < -0.3 is 9.90 Å². The first-order chi connectivity index (χ1) is 2.27. The summed E-state index contributed by atoms with van der Waals surface area (Å²) in [4.78, 5) is 9.25. The van der Waals surface area contributed by atoms with Crippen LogP contribution >= 0.6 is 12.4 Å². The zero-order valence-electron chi connectivity index (χ0n) is 3.42. The fourth-order valence-corrected chi connectivity index (χ4v) is 0. The van der Waals surface area contributed by atoms with E-state index >= 15 is 0 Å². The zero-order chi connectivity index (χ0) is 4.28. The van der Waals surface area contributed by atoms with Gasteiger partial charge in [-0.3, -0.25) is 0 Å². The van der Waals surface area contributed by atoms with Crippen LogP contribution in [-0.2, 0) is 4.79 Å². The van der Waals surface area contributed by atoms with Crippen molar-refractivity contribution in [2.24, 2.45) is 0 Å². The molecule has 0 heterocycles. The minimum absolute atomic E-state index is 0. The maximum Gasteiger partial charge on any atom is 0.148 e. The first kappa shape index (κ1) is 9.33. The van der Waals surface area contributed by atoms with Crippen molar-refractivity contribution in [3.63, 3.8) is 0 Å². The van der Waals surface area contributed by atoms with Crippen LogP contribution in [0.4, 0.5) is 0 Å². The highest BCUT2D eigenvalue weighted by atomic mass is 35.5. The van der Waals surface area contributed by atoms with E-state index in [4.69, 9.17) is 5.11 Å². The first-order valence-corrected chi connectivity index (χ1v) is 1.40. The van der Waals surface area contributed by atoms with Crippen molar-refractivity contribution in [2.45, 2.75) is 13.0 Å². The van der Waals surface area contributed by atoms with Gasteiger partial charge in [-0.15, -0.1) is 12.4 Å². The molecule has 0 amide bonds. The highest BCUT2D eigenvalue weighted by molar-refractivity contribution is 5.85. The van der Waals surface area contributed by atoms with E-state index in [0.717, 1.165) is 0 Å². The molecule has 0 aliphatic carbocycles. The van der Waals surface area contributed by atoms with Crippen LogP contribution in [0.3, 0.4) is 0 Å². The molecular formula is C3H7ClO2. The van der Waals surface area contributed by atoms with E-state index in [9.17, 15) is 4.79 Å². The Hall–Kier alpha value is -0.0800. The molecule has 6 heavy (non-hydrogen) atoms. The molecule has 1 atom stereocenters. The van der Waals surface area contributed by atoms with Gasteiger partial charge in [-0.1, -0.05) is 0 Å². The first-order valence-electron chi connectivity index (χ1n) is 1.40. The van der Waals surface area contributed by atoms with E-state index < -0.39 is 6.10 Å². The van der Waals surface area contributed by atoms with E-state index in [1.165, 1.54) is 6.92 Å². The Morgan fingerprint density at radius 2 is 2.00 bits per heavy atom. The van der Waals surface area contributed by atoms with Crippen molar-refractivity contribution < 1.29 is 9.90 Å². The third-order valence-corrected chi connectivity index (χ3v) is 0.197. The summed E-state index contributed by atoms with van der Waals surface area (Å²) in [6.07, 6.45) is -0.324. The minimum atomic E-state index is -0.796. The van der Waals surface area contributed by atoms with Gasteiger partial charge in [0.2, 0.25) is 0 Å². The van der Waals surface area contributed by atoms with Crippen LogP contribution in [-0.4, -0.2) is 17.5 Å². The van der Waals surface area contributed by atoms with Crippen LogP contribution in [0.5, 0.6) is 0 Å². The lowest BCUT2D eigenvalue weighted by Gasteiger charge is -1.79. The summed E-state index contributed by atoms with van der Waals surface area (Å²) >= 11 is 0. The van der Waals surface area contributed by atoms with Crippen molar-refractivity contribution in [1.82, 2.24) is 0 Å². The second-order valence-corrected chi connectivity index (χ2v) is 0.877. The number of aliphatic hydroxyl groups excluding tert-OH is 1. The predicted molar refractivity (Wildman–Crippen MR) is 25.0 cm³/mol. The Morgan fingerprint density at radius 1 is 1.83 bits per heavy atom. The molecule has 1 unspecified atom stereocenters. The SMILES string of the molecule is CC(O)C=O.Cl. The lowest BCUT2D eigenvalue weighted by Crippen LogP contribution is -1.97. The summed E-state index contributed by atoms with van der Waals surface area (Å²) < 4.78 is 0. The summed E-state index contributed by atoms with van der Waals surface area (Å²) in [6.45, 7) is 1.41. The minimum Gasteiger partial charge on any atom is -0.386 e. The van der Waals surface area contributed by atoms with Crippen molar-refractivity contribution in [3.05, 3.63) is 0 Å². The zero-order valence-corrected chi connectivity index (χ0v) is 4.23. The van der Waals surface area contributed by atoms with E-state index in [1.807, 2.05) is 0 Å². The van der Waals surface area contributed by atoms with E-state index in [0.29, 0.717) is 6.29 Å². The summed E-state index contributed by atoms with van der Waals surface area (Å²) in [6, 6.07) is 0. The topological polar surface area (TPSA) is 37.3 Å². The number of hydrogen-bond acceptors (Lipinski definition) is 2. The van der Waals surface area contributed by atoms with Gasteiger partial charge in [-0.25, -0.2) is 0 Å². The molecule has 0 saturated carbocycles. The number of carbonyl (C=O) groups excluding carboxylic acids is 1. The smallest absolute Gasteiger partial charge is 0.148 e. The van der Waals surface area contributed by atoms with Crippen LogP contribution in [0.15, 0.2) is 0 Å². The maximum absolute atomic E-state index is 9.25. The molecule has 0 spiro atoms. The third-order valence-electron chi connectivity index (χ3n) is 0.197. The Morgan fingerprint density at radius 3 is 2.00 bits per heavy atom. The number of halogens is 1. The highest BCUT2D eigenvalue weighted by Gasteiger charge is 1.81. The molecule has 1 N–H and O–H groups in total. The van der Waals surface area contributed by atoms with Crippen LogP contribution in [0.2, 0.25) is 0 Å². The van der Waals surface area contributed by atoms with Crippen molar-refractivity contribution in [3.8, 4) is 0 Å². The van der Waals surface area contributed by atoms with Gasteiger partial charge in [-0.2, -0.15) is 0 Å². The molecule has 0 radical (unpaired) electrons. The monoisotopic (exact) mass is 110 g/mol.